The van der Waals surface area contributed by atoms with Gasteiger partial charge in [0, 0.05) is 18.9 Å². The van der Waals surface area contributed by atoms with Gasteiger partial charge in [0.1, 0.15) is 0 Å². The highest BCUT2D eigenvalue weighted by atomic mass is 32.1. The molecule has 1 aliphatic rings. The molecular formula is C9H16N2OS. The molecule has 1 aliphatic carbocycles. The van der Waals surface area contributed by atoms with Crippen LogP contribution in [0.15, 0.2) is 0 Å². The molecule has 74 valence electrons. The predicted molar refractivity (Wildman–Crippen MR) is 56.4 cm³/mol. The number of nitrogens with two attached hydrogens (primary N) is 1. The fourth-order valence-corrected chi connectivity index (χ4v) is 1.74. The van der Waals surface area contributed by atoms with Crippen LogP contribution in [0.4, 0.5) is 0 Å². The van der Waals surface area contributed by atoms with E-state index in [-0.39, 0.29) is 11.8 Å². The average molecular weight is 200 g/mol. The fourth-order valence-electron chi connectivity index (χ4n) is 1.64. The number of hydrogen-bond donors (Lipinski definition) is 2. The first-order chi connectivity index (χ1) is 6.20. The molecule has 0 aromatic rings. The van der Waals surface area contributed by atoms with Gasteiger partial charge < -0.3 is 11.1 Å². The summed E-state index contributed by atoms with van der Waals surface area (Å²) in [6, 6.07) is 0. The van der Waals surface area contributed by atoms with Crippen molar-refractivity contribution in [1.29, 1.82) is 0 Å². The fraction of sp³-hybridized carbons (Fsp3) is 0.778. The first-order valence-corrected chi connectivity index (χ1v) is 5.17. The van der Waals surface area contributed by atoms with Crippen molar-refractivity contribution in [3.63, 3.8) is 0 Å². The number of thiocarbonyl (C=S) groups is 1. The maximum absolute atomic E-state index is 11.4. The molecule has 0 atom stereocenters. The van der Waals surface area contributed by atoms with Gasteiger partial charge in [-0.15, -0.1) is 0 Å². The molecule has 0 aliphatic heterocycles. The third-order valence-corrected chi connectivity index (χ3v) is 2.60. The lowest BCUT2D eigenvalue weighted by Gasteiger charge is -2.09. The number of carbonyl (C=O) groups is 1. The summed E-state index contributed by atoms with van der Waals surface area (Å²) in [6.45, 7) is 0.588. The summed E-state index contributed by atoms with van der Waals surface area (Å²) in [5.74, 6) is 0.417. The normalized spacial score (nSPS) is 17.2. The zero-order chi connectivity index (χ0) is 9.68. The van der Waals surface area contributed by atoms with Gasteiger partial charge in [-0.2, -0.15) is 0 Å². The second-order valence-corrected chi connectivity index (χ2v) is 4.01. The van der Waals surface area contributed by atoms with Crippen LogP contribution in [-0.2, 0) is 4.79 Å². The molecule has 0 bridgehead atoms. The summed E-state index contributed by atoms with van der Waals surface area (Å²) in [6.07, 6.45) is 5.06. The van der Waals surface area contributed by atoms with Crippen molar-refractivity contribution >= 4 is 23.1 Å². The molecule has 1 amide bonds. The minimum atomic E-state index is 0.175. The molecule has 0 aromatic heterocycles. The Balaban J connectivity index is 2.13. The van der Waals surface area contributed by atoms with Gasteiger partial charge >= 0.3 is 0 Å². The van der Waals surface area contributed by atoms with E-state index in [2.05, 4.69) is 5.32 Å². The molecule has 1 rings (SSSR count). The summed E-state index contributed by atoms with van der Waals surface area (Å²) in [5, 5.41) is 2.85. The molecule has 3 nitrogen and oxygen atoms in total. The minimum Gasteiger partial charge on any atom is -0.393 e. The number of rotatable bonds is 4. The van der Waals surface area contributed by atoms with Crippen LogP contribution in [0.5, 0.6) is 0 Å². The topological polar surface area (TPSA) is 55.1 Å². The first kappa shape index (κ1) is 10.4. The number of nitrogens with one attached hydrogen (secondary N) is 1. The van der Waals surface area contributed by atoms with E-state index in [4.69, 9.17) is 18.0 Å². The first-order valence-electron chi connectivity index (χ1n) is 4.76. The van der Waals surface area contributed by atoms with Crippen LogP contribution < -0.4 is 11.1 Å². The largest absolute Gasteiger partial charge is 0.393 e. The third-order valence-electron chi connectivity index (χ3n) is 2.40. The Morgan fingerprint density at radius 2 is 2.08 bits per heavy atom. The van der Waals surface area contributed by atoms with Gasteiger partial charge in [0.15, 0.2) is 0 Å². The van der Waals surface area contributed by atoms with Crippen LogP contribution in [0, 0.1) is 5.92 Å². The van der Waals surface area contributed by atoms with Crippen molar-refractivity contribution in [3.05, 3.63) is 0 Å². The van der Waals surface area contributed by atoms with E-state index < -0.39 is 0 Å². The lowest BCUT2D eigenvalue weighted by molar-refractivity contribution is -0.124. The molecule has 4 heteroatoms. The molecule has 0 heterocycles. The molecule has 0 unspecified atom stereocenters. The van der Waals surface area contributed by atoms with Gasteiger partial charge in [-0.3, -0.25) is 4.79 Å². The molecule has 0 radical (unpaired) electrons. The van der Waals surface area contributed by atoms with Gasteiger partial charge in [-0.1, -0.05) is 25.1 Å². The van der Waals surface area contributed by atoms with Crippen LogP contribution in [0.1, 0.15) is 32.1 Å². The zero-order valence-electron chi connectivity index (χ0n) is 7.71. The molecule has 0 spiro atoms. The van der Waals surface area contributed by atoms with Crippen LogP contribution in [-0.4, -0.2) is 17.4 Å². The van der Waals surface area contributed by atoms with Crippen molar-refractivity contribution < 1.29 is 4.79 Å². The number of carbonyl (C=O) groups excluding carboxylic acids is 1. The van der Waals surface area contributed by atoms with E-state index in [9.17, 15) is 4.79 Å². The Labute approximate surface area is 84.1 Å². The van der Waals surface area contributed by atoms with Crippen molar-refractivity contribution in [2.45, 2.75) is 32.1 Å². The number of hydrogen-bond acceptors (Lipinski definition) is 2. The third kappa shape index (κ3) is 3.72. The highest BCUT2D eigenvalue weighted by Gasteiger charge is 2.21. The Bertz CT molecular complexity index is 200. The number of amides is 1. The second-order valence-electron chi connectivity index (χ2n) is 3.49. The molecular weight excluding hydrogens is 184 g/mol. The molecule has 3 N–H and O–H groups in total. The van der Waals surface area contributed by atoms with E-state index in [1.165, 1.54) is 12.8 Å². The Morgan fingerprint density at radius 3 is 2.62 bits per heavy atom. The van der Waals surface area contributed by atoms with Crippen molar-refractivity contribution in [2.24, 2.45) is 11.7 Å². The highest BCUT2D eigenvalue weighted by molar-refractivity contribution is 7.80. The monoisotopic (exact) mass is 200 g/mol. The van der Waals surface area contributed by atoms with E-state index in [0.29, 0.717) is 18.0 Å². The SMILES string of the molecule is NC(=S)CCNC(=O)C1CCCC1. The highest BCUT2D eigenvalue weighted by Crippen LogP contribution is 2.24. The quantitative estimate of drug-likeness (QED) is 0.665. The average Bonchev–Trinajstić information content (AvgIpc) is 2.55. The Hall–Kier alpha value is -0.640. The summed E-state index contributed by atoms with van der Waals surface area (Å²) in [7, 11) is 0. The van der Waals surface area contributed by atoms with Gasteiger partial charge in [-0.05, 0) is 12.8 Å². The zero-order valence-corrected chi connectivity index (χ0v) is 8.53. The van der Waals surface area contributed by atoms with Crippen molar-refractivity contribution in [2.75, 3.05) is 6.54 Å². The smallest absolute Gasteiger partial charge is 0.223 e. The van der Waals surface area contributed by atoms with Gasteiger partial charge in [-0.25, -0.2) is 0 Å². The van der Waals surface area contributed by atoms with E-state index >= 15 is 0 Å². The van der Waals surface area contributed by atoms with Crippen LogP contribution in [0.3, 0.4) is 0 Å². The van der Waals surface area contributed by atoms with E-state index in [0.717, 1.165) is 12.8 Å². The molecule has 0 saturated heterocycles. The maximum Gasteiger partial charge on any atom is 0.223 e. The van der Waals surface area contributed by atoms with Crippen LogP contribution in [0.25, 0.3) is 0 Å². The van der Waals surface area contributed by atoms with E-state index in [1.54, 1.807) is 0 Å². The van der Waals surface area contributed by atoms with Crippen LogP contribution >= 0.6 is 12.2 Å². The standard InChI is InChI=1S/C9H16N2OS/c10-8(13)5-6-11-9(12)7-3-1-2-4-7/h7H,1-6H2,(H2,10,13)(H,11,12). The minimum absolute atomic E-state index is 0.175. The van der Waals surface area contributed by atoms with Crippen molar-refractivity contribution in [3.8, 4) is 0 Å². The Kier molecular flexibility index (Phi) is 4.15. The van der Waals surface area contributed by atoms with Crippen LogP contribution in [0.2, 0.25) is 0 Å². The van der Waals surface area contributed by atoms with E-state index in [1.807, 2.05) is 0 Å². The summed E-state index contributed by atoms with van der Waals surface area (Å²) in [4.78, 5) is 11.9. The summed E-state index contributed by atoms with van der Waals surface area (Å²) >= 11 is 4.71. The van der Waals surface area contributed by atoms with Gasteiger partial charge in [0.05, 0.1) is 4.99 Å². The Morgan fingerprint density at radius 1 is 1.46 bits per heavy atom. The summed E-state index contributed by atoms with van der Waals surface area (Å²) < 4.78 is 0. The lowest BCUT2D eigenvalue weighted by atomic mass is 10.1. The lowest BCUT2D eigenvalue weighted by Crippen LogP contribution is -2.31. The molecule has 13 heavy (non-hydrogen) atoms. The second kappa shape index (κ2) is 5.17. The summed E-state index contributed by atoms with van der Waals surface area (Å²) in [5.41, 5.74) is 5.31. The predicted octanol–water partition coefficient (Wildman–Crippen LogP) is 0.969. The van der Waals surface area contributed by atoms with Gasteiger partial charge in [0.2, 0.25) is 5.91 Å². The molecule has 0 aromatic carbocycles. The molecule has 1 fully saturated rings. The van der Waals surface area contributed by atoms with Crippen molar-refractivity contribution in [1.82, 2.24) is 5.32 Å². The van der Waals surface area contributed by atoms with Gasteiger partial charge in [0.25, 0.3) is 0 Å². The molecule has 1 saturated carbocycles. The maximum atomic E-state index is 11.4.